The number of piperidine rings is 1. The van der Waals surface area contributed by atoms with Gasteiger partial charge in [0.1, 0.15) is 5.78 Å². The number of anilines is 1. The van der Waals surface area contributed by atoms with E-state index >= 15 is 0 Å². The molecule has 0 aliphatic carbocycles. The van der Waals surface area contributed by atoms with Crippen molar-refractivity contribution in [3.63, 3.8) is 0 Å². The predicted molar refractivity (Wildman–Crippen MR) is 94.3 cm³/mol. The van der Waals surface area contributed by atoms with Crippen LogP contribution in [0.15, 0.2) is 18.2 Å². The van der Waals surface area contributed by atoms with E-state index in [-0.39, 0.29) is 42.0 Å². The van der Waals surface area contributed by atoms with Gasteiger partial charge in [0.25, 0.3) is 0 Å². The van der Waals surface area contributed by atoms with Crippen molar-refractivity contribution in [2.24, 2.45) is 5.92 Å². The molecule has 0 radical (unpaired) electrons. The Bertz CT molecular complexity index is 741. The molecule has 0 aromatic heterocycles. The summed E-state index contributed by atoms with van der Waals surface area (Å²) in [6.45, 7) is 4.50. The topological polar surface area (TPSA) is 57.7 Å². The lowest BCUT2D eigenvalue weighted by molar-refractivity contribution is -0.142. The van der Waals surface area contributed by atoms with Crippen LogP contribution in [0.3, 0.4) is 0 Å². The van der Waals surface area contributed by atoms with Gasteiger partial charge in [-0.25, -0.2) is 0 Å². The average molecular weight is 340 g/mol. The van der Waals surface area contributed by atoms with Crippen molar-refractivity contribution < 1.29 is 14.4 Å². The summed E-state index contributed by atoms with van der Waals surface area (Å²) in [5.74, 6) is 0.0772. The monoisotopic (exact) mass is 340 g/mol. The Morgan fingerprint density at radius 2 is 1.72 bits per heavy atom. The molecule has 0 saturated carbocycles. The molecule has 1 aromatic rings. The number of hydrogen-bond acceptors (Lipinski definition) is 3. The van der Waals surface area contributed by atoms with Gasteiger partial charge in [-0.2, -0.15) is 0 Å². The maximum absolute atomic E-state index is 13.1. The lowest BCUT2D eigenvalue weighted by Gasteiger charge is -2.35. The first-order chi connectivity index (χ1) is 12.0. The van der Waals surface area contributed by atoms with Crippen LogP contribution in [0.25, 0.3) is 0 Å². The van der Waals surface area contributed by atoms with E-state index in [9.17, 15) is 14.4 Å². The minimum atomic E-state index is -0.288. The van der Waals surface area contributed by atoms with Crippen molar-refractivity contribution in [2.45, 2.75) is 58.0 Å². The molecule has 3 aliphatic heterocycles. The van der Waals surface area contributed by atoms with Gasteiger partial charge < -0.3 is 9.80 Å². The summed E-state index contributed by atoms with van der Waals surface area (Å²) in [6, 6.07) is 6.06. The van der Waals surface area contributed by atoms with E-state index in [4.69, 9.17) is 0 Å². The molecule has 3 fully saturated rings. The lowest BCUT2D eigenvalue weighted by atomic mass is 9.98. The van der Waals surface area contributed by atoms with Crippen LogP contribution in [0, 0.1) is 19.8 Å². The van der Waals surface area contributed by atoms with Crippen molar-refractivity contribution in [1.29, 1.82) is 0 Å². The summed E-state index contributed by atoms with van der Waals surface area (Å²) in [5.41, 5.74) is 3.15. The Kier molecular flexibility index (Phi) is 3.89. The molecule has 5 heteroatoms. The highest BCUT2D eigenvalue weighted by molar-refractivity contribution is 6.01. The molecule has 3 heterocycles. The molecular weight excluding hydrogens is 316 g/mol. The van der Waals surface area contributed by atoms with Crippen molar-refractivity contribution in [3.8, 4) is 0 Å². The summed E-state index contributed by atoms with van der Waals surface area (Å²) >= 11 is 0. The Labute approximate surface area is 148 Å². The third kappa shape index (κ3) is 2.66. The number of aryl methyl sites for hydroxylation is 1. The SMILES string of the molecule is Cc1cccc(N2C[C@@H](C(=O)N3[C@H]4CC[C@H]3CC(=O)C4)CC2=O)c1C. The van der Waals surface area contributed by atoms with Crippen molar-refractivity contribution in [3.05, 3.63) is 29.3 Å². The van der Waals surface area contributed by atoms with E-state index < -0.39 is 0 Å². The molecular formula is C20H24N2O3. The van der Waals surface area contributed by atoms with Crippen LogP contribution in [0.1, 0.15) is 43.2 Å². The number of ketones is 1. The van der Waals surface area contributed by atoms with Gasteiger partial charge in [0, 0.05) is 43.6 Å². The molecule has 132 valence electrons. The fourth-order valence-electron chi connectivity index (χ4n) is 4.68. The van der Waals surface area contributed by atoms with E-state index in [1.54, 1.807) is 4.90 Å². The van der Waals surface area contributed by atoms with Gasteiger partial charge in [0.2, 0.25) is 11.8 Å². The number of benzene rings is 1. The average Bonchev–Trinajstić information content (AvgIpc) is 3.08. The van der Waals surface area contributed by atoms with Crippen LogP contribution in [-0.2, 0) is 14.4 Å². The van der Waals surface area contributed by atoms with Gasteiger partial charge in [-0.3, -0.25) is 14.4 Å². The fraction of sp³-hybridized carbons (Fsp3) is 0.550. The molecule has 5 nitrogen and oxygen atoms in total. The van der Waals surface area contributed by atoms with Gasteiger partial charge in [-0.05, 0) is 43.9 Å². The molecule has 3 atom stereocenters. The summed E-state index contributed by atoms with van der Waals surface area (Å²) in [7, 11) is 0. The van der Waals surface area contributed by atoms with Gasteiger partial charge in [-0.1, -0.05) is 12.1 Å². The summed E-state index contributed by atoms with van der Waals surface area (Å²) in [6.07, 6.45) is 3.09. The second kappa shape index (κ2) is 5.97. The van der Waals surface area contributed by atoms with E-state index in [1.165, 1.54) is 0 Å². The van der Waals surface area contributed by atoms with Crippen molar-refractivity contribution in [2.75, 3.05) is 11.4 Å². The molecule has 3 saturated heterocycles. The van der Waals surface area contributed by atoms with Crippen LogP contribution in [0.2, 0.25) is 0 Å². The highest BCUT2D eigenvalue weighted by Gasteiger charge is 2.47. The van der Waals surface area contributed by atoms with Crippen LogP contribution in [-0.4, -0.2) is 41.1 Å². The van der Waals surface area contributed by atoms with Crippen LogP contribution in [0.4, 0.5) is 5.69 Å². The standard InChI is InChI=1S/C20H24N2O3/c1-12-4-3-5-18(13(12)2)21-11-14(8-19(21)24)20(25)22-15-6-7-16(22)10-17(23)9-15/h3-5,14-16H,6-11H2,1-2H3/t14-,15-,16-/m0/s1. The second-order valence-corrected chi connectivity index (χ2v) is 7.70. The molecule has 2 amide bonds. The zero-order valence-corrected chi connectivity index (χ0v) is 14.8. The fourth-order valence-corrected chi connectivity index (χ4v) is 4.68. The highest BCUT2D eigenvalue weighted by atomic mass is 16.2. The first-order valence-electron chi connectivity index (χ1n) is 9.16. The predicted octanol–water partition coefficient (Wildman–Crippen LogP) is 2.38. The van der Waals surface area contributed by atoms with E-state index in [1.807, 2.05) is 36.9 Å². The number of hydrogen-bond donors (Lipinski definition) is 0. The number of carbonyl (C=O) groups is 3. The molecule has 0 spiro atoms. The maximum Gasteiger partial charge on any atom is 0.228 e. The smallest absolute Gasteiger partial charge is 0.228 e. The minimum absolute atomic E-state index is 0.0208. The molecule has 0 N–H and O–H groups in total. The van der Waals surface area contributed by atoms with E-state index in [0.717, 1.165) is 29.7 Å². The number of amides is 2. The number of fused-ring (bicyclic) bond motifs is 2. The summed E-state index contributed by atoms with van der Waals surface area (Å²) in [5, 5.41) is 0. The van der Waals surface area contributed by atoms with Crippen LogP contribution < -0.4 is 4.90 Å². The van der Waals surface area contributed by atoms with E-state index in [0.29, 0.717) is 19.4 Å². The zero-order chi connectivity index (χ0) is 17.7. The Hall–Kier alpha value is -2.17. The van der Waals surface area contributed by atoms with Gasteiger partial charge in [0.05, 0.1) is 5.92 Å². The number of nitrogens with zero attached hydrogens (tertiary/aromatic N) is 2. The van der Waals surface area contributed by atoms with E-state index in [2.05, 4.69) is 0 Å². The third-order valence-electron chi connectivity index (χ3n) is 6.14. The molecule has 2 bridgehead atoms. The first kappa shape index (κ1) is 16.3. The summed E-state index contributed by atoms with van der Waals surface area (Å²) in [4.78, 5) is 41.1. The van der Waals surface area contributed by atoms with Gasteiger partial charge in [-0.15, -0.1) is 0 Å². The maximum atomic E-state index is 13.1. The first-order valence-corrected chi connectivity index (χ1v) is 9.16. The molecule has 25 heavy (non-hydrogen) atoms. The second-order valence-electron chi connectivity index (χ2n) is 7.70. The Morgan fingerprint density at radius 1 is 1.04 bits per heavy atom. The van der Waals surface area contributed by atoms with Crippen LogP contribution in [0.5, 0.6) is 0 Å². The number of rotatable bonds is 2. The quantitative estimate of drug-likeness (QED) is 0.830. The number of carbonyl (C=O) groups excluding carboxylic acids is 3. The zero-order valence-electron chi connectivity index (χ0n) is 14.8. The normalized spacial score (nSPS) is 28.8. The van der Waals surface area contributed by atoms with Gasteiger partial charge in [0.15, 0.2) is 0 Å². The largest absolute Gasteiger partial charge is 0.336 e. The minimum Gasteiger partial charge on any atom is -0.336 e. The number of Topliss-reactive ketones (excluding diaryl/α,β-unsaturated/α-hetero) is 1. The molecule has 3 aliphatic rings. The lowest BCUT2D eigenvalue weighted by Crippen LogP contribution is -2.49. The molecule has 1 aromatic carbocycles. The highest BCUT2D eigenvalue weighted by Crippen LogP contribution is 2.37. The van der Waals surface area contributed by atoms with Crippen molar-refractivity contribution >= 4 is 23.3 Å². The third-order valence-corrected chi connectivity index (χ3v) is 6.14. The van der Waals surface area contributed by atoms with Crippen LogP contribution >= 0.6 is 0 Å². The van der Waals surface area contributed by atoms with Crippen molar-refractivity contribution in [1.82, 2.24) is 4.90 Å². The molecule has 0 unspecified atom stereocenters. The Balaban J connectivity index is 1.54. The molecule has 4 rings (SSSR count). The summed E-state index contributed by atoms with van der Waals surface area (Å²) < 4.78 is 0. The Morgan fingerprint density at radius 3 is 2.40 bits per heavy atom. The van der Waals surface area contributed by atoms with Gasteiger partial charge >= 0.3 is 0 Å².